The summed E-state index contributed by atoms with van der Waals surface area (Å²) in [5.74, 6) is 0. The van der Waals surface area contributed by atoms with Crippen molar-refractivity contribution in [1.29, 1.82) is 5.26 Å². The number of aromatic nitrogens is 2. The second kappa shape index (κ2) is 5.19. The molecule has 0 spiro atoms. The number of nitrogens with zero attached hydrogens (tertiary/aromatic N) is 3. The third-order valence-electron chi connectivity index (χ3n) is 4.62. The molecule has 3 aromatic carbocycles. The Morgan fingerprint density at radius 1 is 0.760 bits per heavy atom. The number of fused-ring (bicyclic) bond motifs is 5. The average Bonchev–Trinajstić information content (AvgIpc) is 3.07. The summed E-state index contributed by atoms with van der Waals surface area (Å²) in [6, 6.07) is 28.7. The Morgan fingerprint density at radius 3 is 2.24 bits per heavy atom. The quantitative estimate of drug-likeness (QED) is 0.427. The molecule has 0 fully saturated rings. The van der Waals surface area contributed by atoms with E-state index < -0.39 is 0 Å². The lowest BCUT2D eigenvalue weighted by molar-refractivity contribution is 1.28. The first-order chi connectivity index (χ1) is 12.4. The highest BCUT2D eigenvalue weighted by molar-refractivity contribution is 6.04. The molecule has 0 aliphatic heterocycles. The second-order valence-electron chi connectivity index (χ2n) is 6.00. The molecule has 0 atom stereocenters. The number of hydrogen-bond acceptors (Lipinski definition) is 2. The standard InChI is InChI=1S/C22H13N3/c23-14-17-21(15-8-2-1-3-9-15)16-10-4-6-12-19(16)25-20-13-7-5-11-18(20)24-22(17)25/h1-13H. The first-order valence-electron chi connectivity index (χ1n) is 8.16. The lowest BCUT2D eigenvalue weighted by atomic mass is 9.96. The number of pyridine rings is 1. The van der Waals surface area contributed by atoms with Gasteiger partial charge in [-0.15, -0.1) is 0 Å². The summed E-state index contributed by atoms with van der Waals surface area (Å²) < 4.78 is 2.09. The fourth-order valence-corrected chi connectivity index (χ4v) is 3.57. The molecule has 2 aromatic heterocycles. The molecule has 3 nitrogen and oxygen atoms in total. The van der Waals surface area contributed by atoms with Crippen LogP contribution >= 0.6 is 0 Å². The molecular weight excluding hydrogens is 306 g/mol. The van der Waals surface area contributed by atoms with Gasteiger partial charge < -0.3 is 0 Å². The number of rotatable bonds is 1. The minimum atomic E-state index is 0.612. The number of benzene rings is 3. The van der Waals surface area contributed by atoms with Crippen LogP contribution in [0.15, 0.2) is 78.9 Å². The van der Waals surface area contributed by atoms with Gasteiger partial charge in [0.05, 0.1) is 16.6 Å². The third kappa shape index (κ3) is 1.88. The smallest absolute Gasteiger partial charge is 0.157 e. The van der Waals surface area contributed by atoms with E-state index in [1.165, 1.54) is 0 Å². The Hall–Kier alpha value is -3.64. The first-order valence-corrected chi connectivity index (χ1v) is 8.16. The summed E-state index contributed by atoms with van der Waals surface area (Å²) in [5, 5.41) is 11.0. The highest BCUT2D eigenvalue weighted by Gasteiger charge is 2.18. The van der Waals surface area contributed by atoms with E-state index in [0.717, 1.165) is 33.1 Å². The minimum absolute atomic E-state index is 0.612. The molecule has 0 amide bonds. The lowest BCUT2D eigenvalue weighted by Crippen LogP contribution is -1.96. The SMILES string of the molecule is N#Cc1c(-c2ccccc2)c2ccccc2n2c1nc1ccccc12. The van der Waals surface area contributed by atoms with Gasteiger partial charge in [0, 0.05) is 10.9 Å². The minimum Gasteiger partial charge on any atom is -0.291 e. The van der Waals surface area contributed by atoms with Crippen molar-refractivity contribution in [3.8, 4) is 17.2 Å². The van der Waals surface area contributed by atoms with E-state index in [-0.39, 0.29) is 0 Å². The highest BCUT2D eigenvalue weighted by atomic mass is 15.0. The van der Waals surface area contributed by atoms with Crippen molar-refractivity contribution in [2.45, 2.75) is 0 Å². The van der Waals surface area contributed by atoms with Crippen molar-refractivity contribution in [2.75, 3.05) is 0 Å². The molecule has 3 heteroatoms. The zero-order chi connectivity index (χ0) is 16.8. The van der Waals surface area contributed by atoms with Crippen molar-refractivity contribution in [3.63, 3.8) is 0 Å². The van der Waals surface area contributed by atoms with Gasteiger partial charge in [0.15, 0.2) is 5.65 Å². The van der Waals surface area contributed by atoms with Crippen LogP contribution in [-0.4, -0.2) is 9.38 Å². The molecule has 2 heterocycles. The zero-order valence-corrected chi connectivity index (χ0v) is 13.3. The fourth-order valence-electron chi connectivity index (χ4n) is 3.57. The molecule has 0 N–H and O–H groups in total. The Morgan fingerprint density at radius 2 is 1.44 bits per heavy atom. The van der Waals surface area contributed by atoms with E-state index >= 15 is 0 Å². The molecule has 0 radical (unpaired) electrons. The predicted molar refractivity (Wildman–Crippen MR) is 100 cm³/mol. The van der Waals surface area contributed by atoms with Crippen LogP contribution in [0.1, 0.15) is 5.56 Å². The maximum Gasteiger partial charge on any atom is 0.157 e. The van der Waals surface area contributed by atoms with Crippen molar-refractivity contribution in [2.24, 2.45) is 0 Å². The van der Waals surface area contributed by atoms with Crippen LogP contribution in [0.3, 0.4) is 0 Å². The van der Waals surface area contributed by atoms with Gasteiger partial charge in [0.25, 0.3) is 0 Å². The molecule has 0 bridgehead atoms. The van der Waals surface area contributed by atoms with Crippen molar-refractivity contribution in [1.82, 2.24) is 9.38 Å². The van der Waals surface area contributed by atoms with E-state index in [9.17, 15) is 5.26 Å². The molecule has 0 aliphatic rings. The highest BCUT2D eigenvalue weighted by Crippen LogP contribution is 2.36. The number of hydrogen-bond donors (Lipinski definition) is 0. The lowest BCUT2D eigenvalue weighted by Gasteiger charge is -2.12. The molecule has 0 saturated heterocycles. The fraction of sp³-hybridized carbons (Fsp3) is 0. The maximum atomic E-state index is 9.96. The van der Waals surface area contributed by atoms with Crippen LogP contribution in [0.2, 0.25) is 0 Å². The molecule has 0 saturated carbocycles. The van der Waals surface area contributed by atoms with E-state index in [2.05, 4.69) is 22.6 Å². The number of nitriles is 1. The van der Waals surface area contributed by atoms with Gasteiger partial charge in [-0.05, 0) is 23.8 Å². The summed E-state index contributed by atoms with van der Waals surface area (Å²) in [5.41, 5.74) is 6.27. The Labute approximate surface area is 144 Å². The van der Waals surface area contributed by atoms with Gasteiger partial charge in [0.1, 0.15) is 11.6 Å². The molecule has 5 rings (SSSR count). The van der Waals surface area contributed by atoms with Gasteiger partial charge in [-0.3, -0.25) is 4.40 Å². The van der Waals surface area contributed by atoms with Crippen LogP contribution in [0.25, 0.3) is 38.7 Å². The molecule has 25 heavy (non-hydrogen) atoms. The van der Waals surface area contributed by atoms with Crippen LogP contribution < -0.4 is 0 Å². The summed E-state index contributed by atoms with van der Waals surface area (Å²) in [4.78, 5) is 4.76. The maximum absolute atomic E-state index is 9.96. The summed E-state index contributed by atoms with van der Waals surface area (Å²) in [6.45, 7) is 0. The predicted octanol–water partition coefficient (Wildman–Crippen LogP) is 5.18. The largest absolute Gasteiger partial charge is 0.291 e. The zero-order valence-electron chi connectivity index (χ0n) is 13.3. The second-order valence-corrected chi connectivity index (χ2v) is 6.00. The first kappa shape index (κ1) is 13.8. The third-order valence-corrected chi connectivity index (χ3v) is 4.62. The van der Waals surface area contributed by atoms with Crippen molar-refractivity contribution >= 4 is 27.6 Å². The molecular formula is C22H13N3. The average molecular weight is 319 g/mol. The van der Waals surface area contributed by atoms with Crippen LogP contribution in [0.5, 0.6) is 0 Å². The Bertz CT molecular complexity index is 1290. The molecule has 5 aromatic rings. The van der Waals surface area contributed by atoms with Gasteiger partial charge in [-0.1, -0.05) is 60.7 Å². The van der Waals surface area contributed by atoms with Crippen molar-refractivity contribution in [3.05, 3.63) is 84.4 Å². The molecule has 0 aliphatic carbocycles. The number of imidazole rings is 1. The summed E-state index contributed by atoms with van der Waals surface area (Å²) in [7, 11) is 0. The summed E-state index contributed by atoms with van der Waals surface area (Å²) >= 11 is 0. The van der Waals surface area contributed by atoms with Crippen LogP contribution in [0, 0.1) is 11.3 Å². The Balaban J connectivity index is 2.11. The Kier molecular flexibility index (Phi) is 2.86. The monoisotopic (exact) mass is 319 g/mol. The van der Waals surface area contributed by atoms with E-state index in [1.54, 1.807) is 0 Å². The van der Waals surface area contributed by atoms with E-state index in [4.69, 9.17) is 4.98 Å². The van der Waals surface area contributed by atoms with Crippen molar-refractivity contribution < 1.29 is 0 Å². The molecule has 116 valence electrons. The van der Waals surface area contributed by atoms with Gasteiger partial charge in [-0.25, -0.2) is 4.98 Å². The van der Waals surface area contributed by atoms with Gasteiger partial charge in [0.2, 0.25) is 0 Å². The van der Waals surface area contributed by atoms with Crippen LogP contribution in [0.4, 0.5) is 0 Å². The molecule has 0 unspecified atom stereocenters. The van der Waals surface area contributed by atoms with E-state index in [0.29, 0.717) is 11.2 Å². The summed E-state index contributed by atoms with van der Waals surface area (Å²) in [6.07, 6.45) is 0. The van der Waals surface area contributed by atoms with Crippen LogP contribution in [-0.2, 0) is 0 Å². The normalized spacial score (nSPS) is 11.2. The van der Waals surface area contributed by atoms with Gasteiger partial charge in [-0.2, -0.15) is 5.26 Å². The van der Waals surface area contributed by atoms with E-state index in [1.807, 2.05) is 66.7 Å². The number of para-hydroxylation sites is 3. The van der Waals surface area contributed by atoms with Gasteiger partial charge >= 0.3 is 0 Å². The topological polar surface area (TPSA) is 41.1 Å².